The summed E-state index contributed by atoms with van der Waals surface area (Å²) in [6, 6.07) is 6.09. The fraction of sp³-hybridized carbons (Fsp3) is 0.471. The van der Waals surface area contributed by atoms with Crippen molar-refractivity contribution in [3.05, 3.63) is 36.0 Å². The number of hydrogen-bond donors (Lipinski definition) is 2. The zero-order chi connectivity index (χ0) is 17.3. The maximum atomic E-state index is 13.1. The van der Waals surface area contributed by atoms with Gasteiger partial charge in [-0.05, 0) is 30.5 Å². The van der Waals surface area contributed by atoms with Crippen molar-refractivity contribution in [3.63, 3.8) is 0 Å². The Bertz CT molecular complexity index is 725. The van der Waals surface area contributed by atoms with Crippen molar-refractivity contribution in [3.8, 4) is 0 Å². The molecule has 1 amide bonds. The van der Waals surface area contributed by atoms with Crippen LogP contribution in [0.4, 0.5) is 13.2 Å². The number of aromatic nitrogens is 1. The first-order valence-corrected chi connectivity index (χ1v) is 7.98. The Labute approximate surface area is 138 Å². The number of alkyl halides is 3. The molecule has 2 aromatic rings. The third-order valence-electron chi connectivity index (χ3n) is 4.63. The minimum Gasteiger partial charge on any atom is -0.361 e. The Balaban J connectivity index is 1.66. The van der Waals surface area contributed by atoms with Gasteiger partial charge in [0.25, 0.3) is 0 Å². The highest BCUT2D eigenvalue weighted by Gasteiger charge is 2.47. The molecule has 1 fully saturated rings. The number of carbonyl (C=O) groups is 1. The van der Waals surface area contributed by atoms with Crippen LogP contribution in [0.2, 0.25) is 0 Å². The summed E-state index contributed by atoms with van der Waals surface area (Å²) >= 11 is 0. The zero-order valence-electron chi connectivity index (χ0n) is 13.4. The smallest absolute Gasteiger partial charge is 0.361 e. The van der Waals surface area contributed by atoms with Gasteiger partial charge in [-0.15, -0.1) is 0 Å². The molecule has 4 nitrogen and oxygen atoms in total. The monoisotopic (exact) mass is 339 g/mol. The maximum Gasteiger partial charge on any atom is 0.408 e. The molecule has 1 aromatic heterocycles. The first-order valence-electron chi connectivity index (χ1n) is 7.98. The number of benzene rings is 1. The van der Waals surface area contributed by atoms with Crippen LogP contribution >= 0.6 is 0 Å². The van der Waals surface area contributed by atoms with Gasteiger partial charge in [-0.3, -0.25) is 4.79 Å². The lowest BCUT2D eigenvalue weighted by molar-refractivity contribution is -0.196. The van der Waals surface area contributed by atoms with Crippen LogP contribution in [0.15, 0.2) is 30.5 Å². The van der Waals surface area contributed by atoms with Crippen LogP contribution in [0.1, 0.15) is 25.3 Å². The van der Waals surface area contributed by atoms with E-state index < -0.39 is 18.1 Å². The highest BCUT2D eigenvalue weighted by Crippen LogP contribution is 2.32. The van der Waals surface area contributed by atoms with Crippen LogP contribution in [0, 0.1) is 0 Å². The summed E-state index contributed by atoms with van der Waals surface area (Å²) in [7, 11) is 0. The molecule has 1 aromatic carbocycles. The number of carbonyl (C=O) groups excluding carboxylic acids is 1. The predicted molar refractivity (Wildman–Crippen MR) is 85.4 cm³/mol. The van der Waals surface area contributed by atoms with Crippen molar-refractivity contribution in [1.29, 1.82) is 0 Å². The van der Waals surface area contributed by atoms with Gasteiger partial charge in [-0.1, -0.05) is 12.1 Å². The normalized spacial score (nSPS) is 22.1. The lowest BCUT2D eigenvalue weighted by Gasteiger charge is -2.40. The predicted octanol–water partition coefficient (Wildman–Crippen LogP) is 3.20. The van der Waals surface area contributed by atoms with E-state index in [-0.39, 0.29) is 19.0 Å². The van der Waals surface area contributed by atoms with Crippen molar-refractivity contribution in [2.75, 3.05) is 6.54 Å². The molecule has 2 atom stereocenters. The Morgan fingerprint density at radius 1 is 1.33 bits per heavy atom. The number of piperidine rings is 1. The van der Waals surface area contributed by atoms with E-state index in [0.29, 0.717) is 13.0 Å². The SMILES string of the molecule is CC(=O)N1CC(NCc2cccc3[nH]ccc23)CCC1C(F)(F)F. The largest absolute Gasteiger partial charge is 0.408 e. The second kappa shape index (κ2) is 6.47. The number of fused-ring (bicyclic) bond motifs is 1. The molecule has 0 saturated carbocycles. The highest BCUT2D eigenvalue weighted by atomic mass is 19.4. The summed E-state index contributed by atoms with van der Waals surface area (Å²) in [6.45, 7) is 1.84. The number of nitrogens with one attached hydrogen (secondary N) is 2. The molecule has 2 N–H and O–H groups in total. The van der Waals surface area contributed by atoms with Crippen molar-refractivity contribution in [2.45, 2.75) is 44.6 Å². The fourth-order valence-corrected chi connectivity index (χ4v) is 3.38. The molecule has 0 bridgehead atoms. The fourth-order valence-electron chi connectivity index (χ4n) is 3.38. The maximum absolute atomic E-state index is 13.1. The van der Waals surface area contributed by atoms with Gasteiger partial charge in [0.1, 0.15) is 6.04 Å². The van der Waals surface area contributed by atoms with Gasteiger partial charge >= 0.3 is 6.18 Å². The molecule has 24 heavy (non-hydrogen) atoms. The third kappa shape index (κ3) is 3.40. The van der Waals surface area contributed by atoms with Crippen molar-refractivity contribution < 1.29 is 18.0 Å². The zero-order valence-corrected chi connectivity index (χ0v) is 13.4. The van der Waals surface area contributed by atoms with E-state index in [1.165, 1.54) is 6.92 Å². The summed E-state index contributed by atoms with van der Waals surface area (Å²) in [4.78, 5) is 15.7. The van der Waals surface area contributed by atoms with Gasteiger partial charge < -0.3 is 15.2 Å². The molecule has 1 saturated heterocycles. The summed E-state index contributed by atoms with van der Waals surface area (Å²) in [5.41, 5.74) is 2.11. The number of amides is 1. The number of halogens is 3. The lowest BCUT2D eigenvalue weighted by Crippen LogP contribution is -2.57. The van der Waals surface area contributed by atoms with E-state index >= 15 is 0 Å². The van der Waals surface area contributed by atoms with Crippen LogP contribution < -0.4 is 5.32 Å². The van der Waals surface area contributed by atoms with E-state index in [2.05, 4.69) is 10.3 Å². The number of likely N-dealkylation sites (tertiary alicyclic amines) is 1. The Morgan fingerprint density at radius 3 is 2.83 bits per heavy atom. The number of hydrogen-bond acceptors (Lipinski definition) is 2. The molecule has 2 unspecified atom stereocenters. The summed E-state index contributed by atoms with van der Waals surface area (Å²) in [5, 5.41) is 4.40. The van der Waals surface area contributed by atoms with E-state index in [9.17, 15) is 18.0 Å². The molecule has 0 aliphatic carbocycles. The minimum absolute atomic E-state index is 0.0604. The Kier molecular flexibility index (Phi) is 4.54. The standard InChI is InChI=1S/C17H20F3N3O/c1-11(24)23-10-13(5-6-16(23)17(18,19)20)22-9-12-3-2-4-15-14(12)7-8-21-15/h2-4,7-8,13,16,21-22H,5-6,9-10H2,1H3. The van der Waals surface area contributed by atoms with Crippen LogP contribution in [-0.4, -0.2) is 40.6 Å². The second-order valence-electron chi connectivity index (χ2n) is 6.24. The second-order valence-corrected chi connectivity index (χ2v) is 6.24. The average molecular weight is 339 g/mol. The van der Waals surface area contributed by atoms with Crippen LogP contribution in [0.25, 0.3) is 10.9 Å². The number of rotatable bonds is 3. The van der Waals surface area contributed by atoms with Gasteiger partial charge in [0, 0.05) is 43.2 Å². The van der Waals surface area contributed by atoms with Crippen LogP contribution in [-0.2, 0) is 11.3 Å². The molecule has 3 rings (SSSR count). The summed E-state index contributed by atoms with van der Waals surface area (Å²) in [6.07, 6.45) is -2.17. The molecule has 130 valence electrons. The van der Waals surface area contributed by atoms with Crippen LogP contribution in [0.5, 0.6) is 0 Å². The van der Waals surface area contributed by atoms with E-state index in [1.807, 2.05) is 30.5 Å². The highest BCUT2D eigenvalue weighted by molar-refractivity contribution is 5.82. The lowest BCUT2D eigenvalue weighted by atomic mass is 9.97. The summed E-state index contributed by atoms with van der Waals surface area (Å²) in [5.74, 6) is -0.531. The number of H-pyrrole nitrogens is 1. The van der Waals surface area contributed by atoms with E-state index in [4.69, 9.17) is 0 Å². The molecular weight excluding hydrogens is 319 g/mol. The Morgan fingerprint density at radius 2 is 2.12 bits per heavy atom. The Hall–Kier alpha value is -2.02. The van der Waals surface area contributed by atoms with Crippen molar-refractivity contribution in [2.24, 2.45) is 0 Å². The topological polar surface area (TPSA) is 48.1 Å². The first-order chi connectivity index (χ1) is 11.4. The number of aromatic amines is 1. The quantitative estimate of drug-likeness (QED) is 0.902. The van der Waals surface area contributed by atoms with Gasteiger partial charge in [0.2, 0.25) is 5.91 Å². The summed E-state index contributed by atoms with van der Waals surface area (Å²) < 4.78 is 39.2. The molecular formula is C17H20F3N3O. The molecule has 2 heterocycles. The third-order valence-corrected chi connectivity index (χ3v) is 4.63. The van der Waals surface area contributed by atoms with Crippen molar-refractivity contribution >= 4 is 16.8 Å². The van der Waals surface area contributed by atoms with Gasteiger partial charge in [-0.2, -0.15) is 13.2 Å². The number of nitrogens with zero attached hydrogens (tertiary/aromatic N) is 1. The van der Waals surface area contributed by atoms with E-state index in [0.717, 1.165) is 21.4 Å². The average Bonchev–Trinajstić information content (AvgIpc) is 3.00. The molecule has 1 aliphatic rings. The molecule has 7 heteroatoms. The molecule has 0 spiro atoms. The van der Waals surface area contributed by atoms with Crippen LogP contribution in [0.3, 0.4) is 0 Å². The van der Waals surface area contributed by atoms with Crippen molar-refractivity contribution in [1.82, 2.24) is 15.2 Å². The van der Waals surface area contributed by atoms with Gasteiger partial charge in [0.05, 0.1) is 0 Å². The first kappa shape index (κ1) is 16.8. The molecule has 0 radical (unpaired) electrons. The van der Waals surface area contributed by atoms with E-state index in [1.54, 1.807) is 0 Å². The van der Waals surface area contributed by atoms with Gasteiger partial charge in [-0.25, -0.2) is 0 Å². The minimum atomic E-state index is -4.37. The van der Waals surface area contributed by atoms with Gasteiger partial charge in [0.15, 0.2) is 0 Å². The molecule has 1 aliphatic heterocycles.